The minimum atomic E-state index is -4.47. The van der Waals surface area contributed by atoms with Gasteiger partial charge in [-0.25, -0.2) is 4.79 Å². The first kappa shape index (κ1) is 16.7. The molecule has 3 aromatic rings. The van der Waals surface area contributed by atoms with E-state index in [1.54, 1.807) is 24.3 Å². The van der Waals surface area contributed by atoms with Gasteiger partial charge in [-0.3, -0.25) is 4.79 Å². The van der Waals surface area contributed by atoms with Crippen molar-refractivity contribution in [3.8, 4) is 0 Å². The molecule has 25 heavy (non-hydrogen) atoms. The van der Waals surface area contributed by atoms with Crippen molar-refractivity contribution in [3.63, 3.8) is 0 Å². The maximum Gasteiger partial charge on any atom is 0.416 e. The van der Waals surface area contributed by atoms with Crippen LogP contribution in [0.3, 0.4) is 0 Å². The van der Waals surface area contributed by atoms with Gasteiger partial charge in [-0.05, 0) is 35.9 Å². The second-order valence-corrected chi connectivity index (χ2v) is 5.31. The molecule has 0 spiro atoms. The van der Waals surface area contributed by atoms with Crippen LogP contribution in [0, 0.1) is 0 Å². The minimum Gasteiger partial charge on any atom is -0.422 e. The van der Waals surface area contributed by atoms with Crippen LogP contribution in [0.25, 0.3) is 17.0 Å². The lowest BCUT2D eigenvalue weighted by Crippen LogP contribution is -2.11. The molecule has 0 saturated carbocycles. The van der Waals surface area contributed by atoms with Crippen LogP contribution in [0.4, 0.5) is 13.2 Å². The number of halogens is 3. The Bertz CT molecular complexity index is 1030. The van der Waals surface area contributed by atoms with Crippen LogP contribution in [-0.4, -0.2) is 5.78 Å². The third-order valence-electron chi connectivity index (χ3n) is 3.55. The van der Waals surface area contributed by atoms with Crippen molar-refractivity contribution in [1.82, 2.24) is 0 Å². The van der Waals surface area contributed by atoms with Crippen molar-refractivity contribution < 1.29 is 22.4 Å². The van der Waals surface area contributed by atoms with E-state index >= 15 is 0 Å². The molecule has 0 atom stereocenters. The fourth-order valence-electron chi connectivity index (χ4n) is 2.31. The molecule has 3 rings (SSSR count). The van der Waals surface area contributed by atoms with Gasteiger partial charge in [0.1, 0.15) is 11.1 Å². The summed E-state index contributed by atoms with van der Waals surface area (Å²) < 4.78 is 43.1. The van der Waals surface area contributed by atoms with E-state index < -0.39 is 23.1 Å². The lowest BCUT2D eigenvalue weighted by molar-refractivity contribution is -0.137. The van der Waals surface area contributed by atoms with Gasteiger partial charge in [0.25, 0.3) is 0 Å². The van der Waals surface area contributed by atoms with Crippen LogP contribution in [0.2, 0.25) is 0 Å². The smallest absolute Gasteiger partial charge is 0.416 e. The van der Waals surface area contributed by atoms with Crippen LogP contribution >= 0.6 is 0 Å². The van der Waals surface area contributed by atoms with Gasteiger partial charge in [0.05, 0.1) is 5.56 Å². The molecule has 2 aromatic carbocycles. The predicted octanol–water partition coefficient (Wildman–Crippen LogP) is 4.71. The summed E-state index contributed by atoms with van der Waals surface area (Å²) in [5.41, 5.74) is -1.23. The van der Waals surface area contributed by atoms with Gasteiger partial charge >= 0.3 is 11.8 Å². The van der Waals surface area contributed by atoms with Gasteiger partial charge in [-0.15, -0.1) is 0 Å². The number of hydrogen-bond donors (Lipinski definition) is 0. The van der Waals surface area contributed by atoms with Crippen LogP contribution in [0.1, 0.15) is 21.5 Å². The molecule has 1 aromatic heterocycles. The van der Waals surface area contributed by atoms with E-state index in [0.29, 0.717) is 11.0 Å². The number of allylic oxidation sites excluding steroid dienone is 1. The Morgan fingerprint density at radius 3 is 2.52 bits per heavy atom. The standard InChI is InChI=1S/C19H11F3O3/c20-19(21,22)14-6-3-4-12(10-14)8-9-16(23)15-11-13-5-1-2-7-17(13)25-18(15)24/h1-11H/b9-8+. The SMILES string of the molecule is O=C(/C=C/c1cccc(C(F)(F)F)c1)c1cc2ccccc2oc1=O. The number of fused-ring (bicyclic) bond motifs is 1. The molecule has 0 aliphatic rings. The van der Waals surface area contributed by atoms with Gasteiger partial charge in [0.15, 0.2) is 5.78 Å². The maximum absolute atomic E-state index is 12.7. The number of hydrogen-bond acceptors (Lipinski definition) is 3. The quantitative estimate of drug-likeness (QED) is 0.393. The van der Waals surface area contributed by atoms with Crippen molar-refractivity contribution in [1.29, 1.82) is 0 Å². The molecule has 0 amide bonds. The summed E-state index contributed by atoms with van der Waals surface area (Å²) in [7, 11) is 0. The molecular formula is C19H11F3O3. The summed E-state index contributed by atoms with van der Waals surface area (Å²) in [5, 5.41) is 0.581. The highest BCUT2D eigenvalue weighted by atomic mass is 19.4. The molecule has 0 radical (unpaired) electrons. The number of carbonyl (C=O) groups excluding carboxylic acids is 1. The van der Waals surface area contributed by atoms with Crippen molar-refractivity contribution in [2.75, 3.05) is 0 Å². The third kappa shape index (κ3) is 3.68. The predicted molar refractivity (Wildman–Crippen MR) is 87.3 cm³/mol. The first-order valence-corrected chi connectivity index (χ1v) is 7.27. The van der Waals surface area contributed by atoms with Gasteiger partial charge < -0.3 is 4.42 Å². The largest absolute Gasteiger partial charge is 0.422 e. The van der Waals surface area contributed by atoms with Crippen molar-refractivity contribution in [2.24, 2.45) is 0 Å². The number of para-hydroxylation sites is 1. The molecule has 126 valence electrons. The number of alkyl halides is 3. The Morgan fingerprint density at radius 1 is 1.00 bits per heavy atom. The fraction of sp³-hybridized carbons (Fsp3) is 0.0526. The zero-order valence-corrected chi connectivity index (χ0v) is 12.7. The number of rotatable bonds is 3. The first-order chi connectivity index (χ1) is 11.8. The van der Waals surface area contributed by atoms with E-state index in [2.05, 4.69) is 0 Å². The number of carbonyl (C=O) groups is 1. The zero-order chi connectivity index (χ0) is 18.0. The molecule has 0 unspecified atom stereocenters. The summed E-state index contributed by atoms with van der Waals surface area (Å²) in [6, 6.07) is 12.7. The zero-order valence-electron chi connectivity index (χ0n) is 12.7. The Hall–Kier alpha value is -3.15. The van der Waals surface area contributed by atoms with Crippen molar-refractivity contribution in [3.05, 3.63) is 87.8 Å². The highest BCUT2D eigenvalue weighted by molar-refractivity contribution is 6.07. The highest BCUT2D eigenvalue weighted by Gasteiger charge is 2.30. The van der Waals surface area contributed by atoms with Gasteiger partial charge in [0.2, 0.25) is 0 Å². The Balaban J connectivity index is 1.91. The third-order valence-corrected chi connectivity index (χ3v) is 3.55. The Kier molecular flexibility index (Phi) is 4.27. The first-order valence-electron chi connectivity index (χ1n) is 7.27. The van der Waals surface area contributed by atoms with Gasteiger partial charge in [-0.1, -0.05) is 36.4 Å². The van der Waals surface area contributed by atoms with E-state index in [9.17, 15) is 22.8 Å². The van der Waals surface area contributed by atoms with E-state index in [0.717, 1.165) is 18.2 Å². The molecule has 0 saturated heterocycles. The minimum absolute atomic E-state index is 0.179. The maximum atomic E-state index is 12.7. The monoisotopic (exact) mass is 344 g/mol. The molecule has 3 nitrogen and oxygen atoms in total. The average molecular weight is 344 g/mol. The molecule has 0 fully saturated rings. The van der Waals surface area contributed by atoms with E-state index in [1.165, 1.54) is 24.3 Å². The summed E-state index contributed by atoms with van der Waals surface area (Å²) in [6.45, 7) is 0. The fourth-order valence-corrected chi connectivity index (χ4v) is 2.31. The summed E-state index contributed by atoms with van der Waals surface area (Å²) >= 11 is 0. The summed E-state index contributed by atoms with van der Waals surface area (Å²) in [6.07, 6.45) is -2.18. The van der Waals surface area contributed by atoms with Crippen LogP contribution in [-0.2, 0) is 6.18 Å². The lowest BCUT2D eigenvalue weighted by atomic mass is 10.1. The topological polar surface area (TPSA) is 47.3 Å². The molecule has 0 N–H and O–H groups in total. The van der Waals surface area contributed by atoms with Crippen molar-refractivity contribution >= 4 is 22.8 Å². The normalized spacial score (nSPS) is 12.0. The Morgan fingerprint density at radius 2 is 1.76 bits per heavy atom. The van der Waals surface area contributed by atoms with E-state index in [4.69, 9.17) is 4.42 Å². The van der Waals surface area contributed by atoms with Gasteiger partial charge in [0, 0.05) is 5.39 Å². The lowest BCUT2D eigenvalue weighted by Gasteiger charge is -2.06. The molecule has 0 aliphatic carbocycles. The van der Waals surface area contributed by atoms with E-state index in [1.807, 2.05) is 0 Å². The van der Waals surface area contributed by atoms with E-state index in [-0.39, 0.29) is 11.1 Å². The summed E-state index contributed by atoms with van der Waals surface area (Å²) in [5.74, 6) is -0.642. The molecule has 6 heteroatoms. The average Bonchev–Trinajstić information content (AvgIpc) is 2.58. The summed E-state index contributed by atoms with van der Waals surface area (Å²) in [4.78, 5) is 24.1. The Labute approximate surface area is 140 Å². The van der Waals surface area contributed by atoms with Crippen molar-refractivity contribution in [2.45, 2.75) is 6.18 Å². The molecule has 1 heterocycles. The highest BCUT2D eigenvalue weighted by Crippen LogP contribution is 2.29. The number of benzene rings is 2. The number of ketones is 1. The second-order valence-electron chi connectivity index (χ2n) is 5.31. The second kappa shape index (κ2) is 6.39. The van der Waals surface area contributed by atoms with Crippen LogP contribution in [0.5, 0.6) is 0 Å². The van der Waals surface area contributed by atoms with Crippen LogP contribution in [0.15, 0.2) is 69.9 Å². The molecule has 0 bridgehead atoms. The molecular weight excluding hydrogens is 333 g/mol. The van der Waals surface area contributed by atoms with Gasteiger partial charge in [-0.2, -0.15) is 13.2 Å². The molecule has 0 aliphatic heterocycles. The van der Waals surface area contributed by atoms with Crippen LogP contribution < -0.4 is 5.63 Å².